The molecule has 0 radical (unpaired) electrons. The van der Waals surface area contributed by atoms with Gasteiger partial charge < -0.3 is 10.1 Å². The molecule has 1 fully saturated rings. The topological polar surface area (TPSA) is 79.2 Å². The molecule has 0 aromatic heterocycles. The highest BCUT2D eigenvalue weighted by Gasteiger charge is 2.31. The highest BCUT2D eigenvalue weighted by Crippen LogP contribution is 2.26. The molecule has 0 bridgehead atoms. The van der Waals surface area contributed by atoms with Crippen LogP contribution in [0, 0.1) is 17.2 Å². The number of carbonyl (C=O) groups is 2. The second-order valence-electron chi connectivity index (χ2n) is 5.50. The zero-order chi connectivity index (χ0) is 15.8. The van der Waals surface area contributed by atoms with E-state index in [1.807, 2.05) is 36.4 Å². The zero-order valence-corrected chi connectivity index (χ0v) is 12.5. The quantitative estimate of drug-likeness (QED) is 0.906. The average Bonchev–Trinajstić information content (AvgIpc) is 2.54. The third-order valence-electron chi connectivity index (χ3n) is 3.95. The first-order valence-electron chi connectivity index (χ1n) is 7.57. The lowest BCUT2D eigenvalue weighted by atomic mass is 9.81. The molecule has 0 spiro atoms. The molecule has 116 valence electrons. The molecule has 0 unspecified atom stereocenters. The number of hydrogen-bond acceptors (Lipinski definition) is 4. The number of carbonyl (C=O) groups excluding carboxylic acids is 2. The van der Waals surface area contributed by atoms with Gasteiger partial charge in [-0.25, -0.2) is 4.79 Å². The third kappa shape index (κ3) is 4.59. The van der Waals surface area contributed by atoms with Crippen molar-refractivity contribution in [1.29, 1.82) is 5.26 Å². The lowest BCUT2D eigenvalue weighted by Crippen LogP contribution is -2.45. The largest absolute Gasteiger partial charge is 0.445 e. The maximum absolute atomic E-state index is 12.0. The van der Waals surface area contributed by atoms with Gasteiger partial charge in [0.25, 0.3) is 0 Å². The van der Waals surface area contributed by atoms with Gasteiger partial charge in [-0.1, -0.05) is 43.2 Å². The Morgan fingerprint density at radius 2 is 1.95 bits per heavy atom. The number of alkyl carbamates (subject to hydrolysis) is 1. The van der Waals surface area contributed by atoms with E-state index in [9.17, 15) is 9.59 Å². The van der Waals surface area contributed by atoms with Gasteiger partial charge in [0.05, 0.1) is 12.5 Å². The van der Waals surface area contributed by atoms with Crippen LogP contribution in [0.25, 0.3) is 0 Å². The van der Waals surface area contributed by atoms with Gasteiger partial charge in [0.15, 0.2) is 5.78 Å². The predicted octanol–water partition coefficient (Wildman–Crippen LogP) is 2.95. The van der Waals surface area contributed by atoms with Crippen molar-refractivity contribution in [3.63, 3.8) is 0 Å². The fourth-order valence-electron chi connectivity index (χ4n) is 2.81. The van der Waals surface area contributed by atoms with Crippen LogP contribution in [0.5, 0.6) is 0 Å². The number of amides is 1. The Morgan fingerprint density at radius 3 is 2.68 bits per heavy atom. The Kier molecular flexibility index (Phi) is 5.96. The van der Waals surface area contributed by atoms with E-state index in [2.05, 4.69) is 5.32 Å². The number of ketones is 1. The Hall–Kier alpha value is -2.35. The molecule has 5 heteroatoms. The summed E-state index contributed by atoms with van der Waals surface area (Å²) in [4.78, 5) is 23.9. The number of ether oxygens (including phenoxy) is 1. The molecule has 1 amide bonds. The minimum atomic E-state index is -0.509. The molecule has 2 rings (SSSR count). The number of nitriles is 1. The van der Waals surface area contributed by atoms with Crippen LogP contribution in [0.2, 0.25) is 0 Å². The van der Waals surface area contributed by atoms with Crippen LogP contribution in [0.4, 0.5) is 4.79 Å². The van der Waals surface area contributed by atoms with Crippen molar-refractivity contribution in [2.75, 3.05) is 0 Å². The average molecular weight is 300 g/mol. The molecule has 22 heavy (non-hydrogen) atoms. The second kappa shape index (κ2) is 8.18. The van der Waals surface area contributed by atoms with Crippen molar-refractivity contribution < 1.29 is 14.3 Å². The Bertz CT molecular complexity index is 551. The van der Waals surface area contributed by atoms with E-state index in [1.165, 1.54) is 0 Å². The third-order valence-corrected chi connectivity index (χ3v) is 3.95. The number of benzene rings is 1. The van der Waals surface area contributed by atoms with Crippen molar-refractivity contribution in [1.82, 2.24) is 5.32 Å². The van der Waals surface area contributed by atoms with Crippen molar-refractivity contribution in [3.05, 3.63) is 35.9 Å². The van der Waals surface area contributed by atoms with E-state index in [0.29, 0.717) is 0 Å². The molecule has 1 N–H and O–H groups in total. The smallest absolute Gasteiger partial charge is 0.407 e. The van der Waals surface area contributed by atoms with Crippen molar-refractivity contribution in [3.8, 4) is 6.07 Å². The summed E-state index contributed by atoms with van der Waals surface area (Å²) < 4.78 is 5.19. The van der Waals surface area contributed by atoms with Gasteiger partial charge in [-0.3, -0.25) is 4.79 Å². The minimum Gasteiger partial charge on any atom is -0.445 e. The van der Waals surface area contributed by atoms with E-state index in [0.717, 1.165) is 31.2 Å². The number of Topliss-reactive ketones (excluding diaryl/α,β-unsaturated/α-hetero) is 1. The Balaban J connectivity index is 1.85. The molecule has 1 aromatic carbocycles. The van der Waals surface area contributed by atoms with Crippen molar-refractivity contribution >= 4 is 11.9 Å². The number of nitrogens with zero attached hydrogens (tertiary/aromatic N) is 1. The maximum atomic E-state index is 12.0. The zero-order valence-electron chi connectivity index (χ0n) is 12.5. The molecule has 0 heterocycles. The molecule has 5 nitrogen and oxygen atoms in total. The van der Waals surface area contributed by atoms with E-state index in [4.69, 9.17) is 10.00 Å². The molecule has 0 aliphatic heterocycles. The Morgan fingerprint density at radius 1 is 1.23 bits per heavy atom. The molecule has 1 saturated carbocycles. The first-order chi connectivity index (χ1) is 10.7. The van der Waals surface area contributed by atoms with E-state index >= 15 is 0 Å². The molecule has 1 aliphatic carbocycles. The van der Waals surface area contributed by atoms with E-state index < -0.39 is 6.09 Å². The number of nitrogens with one attached hydrogen (secondary N) is 1. The van der Waals surface area contributed by atoms with Gasteiger partial charge >= 0.3 is 6.09 Å². The highest BCUT2D eigenvalue weighted by molar-refractivity contribution is 5.84. The summed E-state index contributed by atoms with van der Waals surface area (Å²) >= 11 is 0. The highest BCUT2D eigenvalue weighted by atomic mass is 16.5. The van der Waals surface area contributed by atoms with Crippen molar-refractivity contribution in [2.45, 2.75) is 44.8 Å². The van der Waals surface area contributed by atoms with Gasteiger partial charge in [-0.2, -0.15) is 5.26 Å². The maximum Gasteiger partial charge on any atom is 0.407 e. The number of hydrogen-bond donors (Lipinski definition) is 1. The second-order valence-corrected chi connectivity index (χ2v) is 5.50. The predicted molar refractivity (Wildman–Crippen MR) is 80.7 cm³/mol. The van der Waals surface area contributed by atoms with Crippen LogP contribution < -0.4 is 5.32 Å². The van der Waals surface area contributed by atoms with Gasteiger partial charge in [0, 0.05) is 12.0 Å². The first kappa shape index (κ1) is 16.0. The monoisotopic (exact) mass is 300 g/mol. The normalized spacial score (nSPS) is 20.7. The molecule has 1 aromatic rings. The van der Waals surface area contributed by atoms with Crippen LogP contribution in [0.3, 0.4) is 0 Å². The van der Waals surface area contributed by atoms with Gasteiger partial charge in [-0.15, -0.1) is 0 Å². The Labute approximate surface area is 130 Å². The summed E-state index contributed by atoms with van der Waals surface area (Å²) in [5.74, 6) is -0.353. The number of rotatable bonds is 5. The van der Waals surface area contributed by atoms with Crippen LogP contribution in [-0.4, -0.2) is 17.9 Å². The fraction of sp³-hybridized carbons (Fsp3) is 0.471. The lowest BCUT2D eigenvalue weighted by Gasteiger charge is -2.30. The van der Waals surface area contributed by atoms with E-state index in [1.54, 1.807) is 0 Å². The van der Waals surface area contributed by atoms with Crippen LogP contribution in [-0.2, 0) is 16.1 Å². The summed E-state index contributed by atoms with van der Waals surface area (Å²) in [7, 11) is 0. The molecule has 0 saturated heterocycles. The van der Waals surface area contributed by atoms with E-state index in [-0.39, 0.29) is 30.8 Å². The van der Waals surface area contributed by atoms with Gasteiger partial charge in [-0.05, 0) is 18.4 Å². The summed E-state index contributed by atoms with van der Waals surface area (Å²) in [6.07, 6.45) is 2.80. The SMILES string of the molecule is N#CCC(=O)[C@@H]1CCCC[C@H]1NC(=O)OCc1ccccc1. The van der Waals surface area contributed by atoms with Gasteiger partial charge in [0.2, 0.25) is 0 Å². The van der Waals surface area contributed by atoms with Crippen molar-refractivity contribution in [2.24, 2.45) is 5.92 Å². The molecule has 2 atom stereocenters. The summed E-state index contributed by atoms with van der Waals surface area (Å²) in [6.45, 7) is 0.205. The summed E-state index contributed by atoms with van der Waals surface area (Å²) in [6, 6.07) is 11.1. The lowest BCUT2D eigenvalue weighted by molar-refractivity contribution is -0.123. The first-order valence-corrected chi connectivity index (χ1v) is 7.57. The molecule has 1 aliphatic rings. The van der Waals surface area contributed by atoms with Crippen LogP contribution in [0.15, 0.2) is 30.3 Å². The fourth-order valence-corrected chi connectivity index (χ4v) is 2.81. The minimum absolute atomic E-state index is 0.0874. The standard InChI is InChI=1S/C17H20N2O3/c18-11-10-16(20)14-8-4-5-9-15(14)19-17(21)22-12-13-6-2-1-3-7-13/h1-3,6-7,14-15H,4-5,8-10,12H2,(H,19,21)/t14-,15-/m1/s1. The van der Waals surface area contributed by atoms with Gasteiger partial charge in [0.1, 0.15) is 6.61 Å². The molecular formula is C17H20N2O3. The van der Waals surface area contributed by atoms with Crippen LogP contribution in [0.1, 0.15) is 37.7 Å². The summed E-state index contributed by atoms with van der Waals surface area (Å²) in [5.41, 5.74) is 0.915. The molecular weight excluding hydrogens is 280 g/mol. The van der Waals surface area contributed by atoms with Crippen LogP contribution >= 0.6 is 0 Å². The summed E-state index contributed by atoms with van der Waals surface area (Å²) in [5, 5.41) is 11.5.